The fourth-order valence-corrected chi connectivity index (χ4v) is 4.88. The molecule has 5 heteroatoms. The quantitative estimate of drug-likeness (QED) is 0.612. The van der Waals surface area contributed by atoms with Crippen molar-refractivity contribution in [2.75, 3.05) is 19.8 Å². The van der Waals surface area contributed by atoms with Gasteiger partial charge in [-0.25, -0.2) is 0 Å². The van der Waals surface area contributed by atoms with Crippen LogP contribution in [0.3, 0.4) is 0 Å². The van der Waals surface area contributed by atoms with Crippen LogP contribution in [-0.2, 0) is 18.1 Å². The summed E-state index contributed by atoms with van der Waals surface area (Å²) >= 11 is 0. The van der Waals surface area contributed by atoms with Crippen LogP contribution in [0.5, 0.6) is 0 Å². The summed E-state index contributed by atoms with van der Waals surface area (Å²) < 4.78 is 17.6. The molecule has 0 spiro atoms. The first kappa shape index (κ1) is 18.3. The first-order valence-corrected chi connectivity index (χ1v) is 9.60. The van der Waals surface area contributed by atoms with Crippen LogP contribution in [0.15, 0.2) is 23.4 Å². The number of hydrogen-bond acceptors (Lipinski definition) is 4. The number of carbonyl (C=O) groups is 1. The van der Waals surface area contributed by atoms with Crippen LogP contribution in [0.1, 0.15) is 47.0 Å². The summed E-state index contributed by atoms with van der Waals surface area (Å²) in [4.78, 5) is 11.2. The zero-order chi connectivity index (χ0) is 15.7. The summed E-state index contributed by atoms with van der Waals surface area (Å²) in [6.45, 7) is 9.65. The average molecular weight is 312 g/mol. The van der Waals surface area contributed by atoms with Gasteiger partial charge >= 0.3 is 8.80 Å². The Bertz CT molecular complexity index is 373. The lowest BCUT2D eigenvalue weighted by molar-refractivity contribution is -0.115. The van der Waals surface area contributed by atoms with Gasteiger partial charge in [0.1, 0.15) is 0 Å². The molecule has 0 fully saturated rings. The van der Waals surface area contributed by atoms with E-state index in [2.05, 4.69) is 6.08 Å². The molecule has 0 aliphatic heterocycles. The van der Waals surface area contributed by atoms with E-state index in [1.807, 2.05) is 33.8 Å². The van der Waals surface area contributed by atoms with Gasteiger partial charge in [0, 0.05) is 26.2 Å². The fraction of sp³-hybridized carbons (Fsp3) is 0.688. The van der Waals surface area contributed by atoms with Gasteiger partial charge < -0.3 is 13.3 Å². The van der Waals surface area contributed by atoms with Crippen LogP contribution in [0.4, 0.5) is 0 Å². The van der Waals surface area contributed by atoms with Gasteiger partial charge in [-0.15, -0.1) is 0 Å². The molecular formula is C16H28O4Si. The minimum Gasteiger partial charge on any atom is -0.371 e. The predicted octanol–water partition coefficient (Wildman–Crippen LogP) is 3.45. The Morgan fingerprint density at radius 3 is 2.24 bits per heavy atom. The van der Waals surface area contributed by atoms with Crippen molar-refractivity contribution >= 4 is 14.6 Å². The minimum atomic E-state index is -2.73. The van der Waals surface area contributed by atoms with Crippen LogP contribution in [0, 0.1) is 5.92 Å². The molecular weight excluding hydrogens is 284 g/mol. The summed E-state index contributed by atoms with van der Waals surface area (Å²) in [6, 6.07) is 0. The molecule has 0 amide bonds. The Morgan fingerprint density at radius 1 is 1.24 bits per heavy atom. The van der Waals surface area contributed by atoms with Gasteiger partial charge in [0.05, 0.1) is 0 Å². The molecule has 0 bridgehead atoms. The van der Waals surface area contributed by atoms with Crippen molar-refractivity contribution in [1.29, 1.82) is 0 Å². The lowest BCUT2D eigenvalue weighted by atomic mass is 9.92. The molecule has 4 nitrogen and oxygen atoms in total. The second kappa shape index (κ2) is 9.30. The Morgan fingerprint density at radius 2 is 1.81 bits per heavy atom. The molecule has 120 valence electrons. The van der Waals surface area contributed by atoms with Gasteiger partial charge in [0.15, 0.2) is 5.78 Å². The van der Waals surface area contributed by atoms with Crippen molar-refractivity contribution < 1.29 is 18.1 Å². The number of rotatable bonds is 9. The fourth-order valence-electron chi connectivity index (χ4n) is 2.44. The van der Waals surface area contributed by atoms with E-state index in [4.69, 9.17) is 13.3 Å². The first-order chi connectivity index (χ1) is 10.1. The Labute approximate surface area is 129 Å². The van der Waals surface area contributed by atoms with E-state index in [-0.39, 0.29) is 5.78 Å². The monoisotopic (exact) mass is 312 g/mol. The molecule has 1 unspecified atom stereocenters. The molecule has 0 saturated heterocycles. The third kappa shape index (κ3) is 5.51. The summed E-state index contributed by atoms with van der Waals surface area (Å²) in [5.41, 5.74) is 0. The molecule has 21 heavy (non-hydrogen) atoms. The van der Waals surface area contributed by atoms with E-state index in [1.165, 1.54) is 0 Å². The number of hydrogen-bond donors (Lipinski definition) is 0. The molecule has 0 radical (unpaired) electrons. The van der Waals surface area contributed by atoms with Crippen LogP contribution < -0.4 is 0 Å². The highest BCUT2D eigenvalue weighted by molar-refractivity contribution is 6.68. The van der Waals surface area contributed by atoms with E-state index in [9.17, 15) is 4.79 Å². The Kier molecular flexibility index (Phi) is 8.10. The maximum atomic E-state index is 11.2. The molecule has 1 aliphatic carbocycles. The highest BCUT2D eigenvalue weighted by Crippen LogP contribution is 2.24. The average Bonchev–Trinajstić information content (AvgIpc) is 2.47. The SMILES string of the molecule is CCO[Si](OCC)(OCC)/C(C)=C\CC1C=CC(=O)CC1. The van der Waals surface area contributed by atoms with Crippen LogP contribution >= 0.6 is 0 Å². The van der Waals surface area contributed by atoms with Gasteiger partial charge in [-0.2, -0.15) is 0 Å². The molecule has 0 N–H and O–H groups in total. The lowest BCUT2D eigenvalue weighted by Crippen LogP contribution is -2.47. The van der Waals surface area contributed by atoms with E-state index < -0.39 is 8.80 Å². The van der Waals surface area contributed by atoms with Gasteiger partial charge in [-0.05, 0) is 57.7 Å². The zero-order valence-corrected chi connectivity index (χ0v) is 14.7. The maximum absolute atomic E-state index is 11.2. The van der Waals surface area contributed by atoms with E-state index in [1.54, 1.807) is 6.08 Å². The number of carbonyl (C=O) groups excluding carboxylic acids is 1. The highest BCUT2D eigenvalue weighted by Gasteiger charge is 2.42. The molecule has 0 aromatic carbocycles. The first-order valence-electron chi connectivity index (χ1n) is 7.88. The molecule has 1 rings (SSSR count). The maximum Gasteiger partial charge on any atom is 0.532 e. The van der Waals surface area contributed by atoms with Gasteiger partial charge in [0.2, 0.25) is 0 Å². The van der Waals surface area contributed by atoms with Crippen molar-refractivity contribution in [3.63, 3.8) is 0 Å². The summed E-state index contributed by atoms with van der Waals surface area (Å²) in [5.74, 6) is 0.655. The molecule has 0 aromatic rings. The van der Waals surface area contributed by atoms with Crippen LogP contribution in [0.25, 0.3) is 0 Å². The normalized spacial score (nSPS) is 20.1. The summed E-state index contributed by atoms with van der Waals surface area (Å²) in [5, 5.41) is 1.07. The van der Waals surface area contributed by atoms with Crippen LogP contribution in [0.2, 0.25) is 0 Å². The van der Waals surface area contributed by atoms with Crippen molar-refractivity contribution in [3.8, 4) is 0 Å². The Balaban J connectivity index is 2.77. The summed E-state index contributed by atoms with van der Waals surface area (Å²) in [7, 11) is -2.73. The smallest absolute Gasteiger partial charge is 0.371 e. The summed E-state index contributed by atoms with van der Waals surface area (Å²) in [6.07, 6.45) is 8.36. The van der Waals surface area contributed by atoms with Gasteiger partial charge in [-0.1, -0.05) is 12.2 Å². The molecule has 0 saturated carbocycles. The topological polar surface area (TPSA) is 44.8 Å². The van der Waals surface area contributed by atoms with Crippen LogP contribution in [-0.4, -0.2) is 34.4 Å². The number of allylic oxidation sites excluding steroid dienone is 4. The largest absolute Gasteiger partial charge is 0.532 e. The minimum absolute atomic E-state index is 0.230. The number of ketones is 1. The predicted molar refractivity (Wildman–Crippen MR) is 85.9 cm³/mol. The zero-order valence-electron chi connectivity index (χ0n) is 13.7. The molecule has 0 heterocycles. The Hall–Kier alpha value is -0.753. The highest BCUT2D eigenvalue weighted by atomic mass is 28.4. The van der Waals surface area contributed by atoms with E-state index >= 15 is 0 Å². The van der Waals surface area contributed by atoms with Crippen molar-refractivity contribution in [2.45, 2.75) is 47.0 Å². The van der Waals surface area contributed by atoms with Crippen molar-refractivity contribution in [3.05, 3.63) is 23.4 Å². The van der Waals surface area contributed by atoms with E-state index in [0.717, 1.165) is 18.0 Å². The van der Waals surface area contributed by atoms with Crippen molar-refractivity contribution in [1.82, 2.24) is 0 Å². The van der Waals surface area contributed by atoms with Crippen molar-refractivity contribution in [2.24, 2.45) is 5.92 Å². The molecule has 1 aliphatic rings. The third-order valence-corrected chi connectivity index (χ3v) is 6.70. The van der Waals surface area contributed by atoms with Gasteiger partial charge in [0.25, 0.3) is 0 Å². The molecule has 1 atom stereocenters. The third-order valence-electron chi connectivity index (χ3n) is 3.53. The lowest BCUT2D eigenvalue weighted by Gasteiger charge is -2.29. The molecule has 0 aromatic heterocycles. The van der Waals surface area contributed by atoms with E-state index in [0.29, 0.717) is 32.2 Å². The standard InChI is InChI=1S/C16H28O4Si/c1-5-18-21(19-6-2,20-7-3)14(4)8-9-15-10-12-16(17)13-11-15/h8,10,12,15H,5-7,9,11,13H2,1-4H3/b14-8-. The van der Waals surface area contributed by atoms with Gasteiger partial charge in [-0.3, -0.25) is 4.79 Å². The second-order valence-electron chi connectivity index (χ2n) is 5.10. The second-order valence-corrected chi connectivity index (χ2v) is 7.87.